The lowest BCUT2D eigenvalue weighted by molar-refractivity contribution is 0.182. The summed E-state index contributed by atoms with van der Waals surface area (Å²) in [6.07, 6.45) is 0.00789. The zero-order valence-corrected chi connectivity index (χ0v) is 11.9. The third-order valence-electron chi connectivity index (χ3n) is 2.82. The van der Waals surface area contributed by atoms with Crippen molar-refractivity contribution >= 4 is 22.9 Å². The molecule has 0 saturated carbocycles. The Morgan fingerprint density at radius 3 is 2.50 bits per heavy atom. The van der Waals surface area contributed by atoms with E-state index in [-0.39, 0.29) is 0 Å². The van der Waals surface area contributed by atoms with Gasteiger partial charge in [-0.15, -0.1) is 11.3 Å². The molecule has 1 N–H and O–H groups in total. The highest BCUT2D eigenvalue weighted by molar-refractivity contribution is 7.10. The first-order valence-electron chi connectivity index (χ1n) is 5.66. The zero-order valence-electron chi connectivity index (χ0n) is 10.3. The first-order chi connectivity index (χ1) is 8.61. The molecule has 0 radical (unpaired) electrons. The predicted molar refractivity (Wildman–Crippen MR) is 75.7 cm³/mol. The van der Waals surface area contributed by atoms with Crippen molar-refractivity contribution in [2.45, 2.75) is 19.4 Å². The molecule has 4 heteroatoms. The summed E-state index contributed by atoms with van der Waals surface area (Å²) in [7, 11) is 1.64. The van der Waals surface area contributed by atoms with Crippen LogP contribution < -0.4 is 4.74 Å². The Hall–Kier alpha value is -1.03. The van der Waals surface area contributed by atoms with Crippen LogP contribution in [0.25, 0.3) is 0 Å². The molecule has 0 saturated heterocycles. The van der Waals surface area contributed by atoms with E-state index in [0.29, 0.717) is 11.4 Å². The molecule has 0 bridgehead atoms. The van der Waals surface area contributed by atoms with Crippen molar-refractivity contribution in [3.8, 4) is 5.75 Å². The zero-order chi connectivity index (χ0) is 13.1. The number of benzene rings is 1. The summed E-state index contributed by atoms with van der Waals surface area (Å²) in [4.78, 5) is 0.838. The highest BCUT2D eigenvalue weighted by Crippen LogP contribution is 2.34. The molecule has 0 aliphatic heterocycles. The van der Waals surface area contributed by atoms with E-state index >= 15 is 0 Å². The van der Waals surface area contributed by atoms with Crippen LogP contribution >= 0.6 is 22.9 Å². The quantitative estimate of drug-likeness (QED) is 0.919. The molecule has 2 aromatic rings. The summed E-state index contributed by atoms with van der Waals surface area (Å²) in [5.74, 6) is 0.818. The Balaban J connectivity index is 2.11. The third kappa shape index (κ3) is 2.86. The summed E-state index contributed by atoms with van der Waals surface area (Å²) in [6, 6.07) is 7.69. The molecule has 96 valence electrons. The minimum absolute atomic E-state index is 0.551. The van der Waals surface area contributed by atoms with Gasteiger partial charge in [0.2, 0.25) is 0 Å². The number of thiophene rings is 1. The molecular weight excluding hydrogens is 268 g/mol. The lowest BCUT2D eigenvalue weighted by atomic mass is 10.1. The Bertz CT molecular complexity index is 519. The molecular formula is C14H15ClO2S. The van der Waals surface area contributed by atoms with E-state index in [2.05, 4.69) is 0 Å². The number of aryl methyl sites for hydroxylation is 1. The number of ether oxygens (including phenoxy) is 1. The van der Waals surface area contributed by atoms with Crippen molar-refractivity contribution < 1.29 is 9.84 Å². The minimum Gasteiger partial charge on any atom is -0.497 e. The maximum atomic E-state index is 10.2. The van der Waals surface area contributed by atoms with E-state index in [4.69, 9.17) is 16.3 Å². The monoisotopic (exact) mass is 282 g/mol. The standard InChI is InChI=1S/C14H15ClO2S/c1-9-8-18-14(13(9)15)12(16)7-10-3-5-11(17-2)6-4-10/h3-6,8,12,16H,7H2,1-2H3. The molecule has 0 aliphatic carbocycles. The highest BCUT2D eigenvalue weighted by Gasteiger charge is 2.15. The van der Waals surface area contributed by atoms with E-state index in [1.54, 1.807) is 7.11 Å². The van der Waals surface area contributed by atoms with E-state index < -0.39 is 6.10 Å². The molecule has 1 heterocycles. The molecule has 0 aliphatic rings. The number of halogens is 1. The van der Waals surface area contributed by atoms with Crippen LogP contribution in [0, 0.1) is 6.92 Å². The van der Waals surface area contributed by atoms with Crippen LogP contribution in [0.3, 0.4) is 0 Å². The molecule has 1 atom stereocenters. The van der Waals surface area contributed by atoms with Crippen molar-refractivity contribution in [3.63, 3.8) is 0 Å². The molecule has 0 spiro atoms. The number of aliphatic hydroxyl groups is 1. The van der Waals surface area contributed by atoms with Gasteiger partial charge in [0.1, 0.15) is 5.75 Å². The van der Waals surface area contributed by atoms with Gasteiger partial charge in [0, 0.05) is 6.42 Å². The van der Waals surface area contributed by atoms with Gasteiger partial charge >= 0.3 is 0 Å². The topological polar surface area (TPSA) is 29.5 Å². The summed E-state index contributed by atoms with van der Waals surface area (Å²) in [6.45, 7) is 1.95. The Kier molecular flexibility index (Phi) is 4.27. The van der Waals surface area contributed by atoms with Crippen LogP contribution in [-0.2, 0) is 6.42 Å². The van der Waals surface area contributed by atoms with Crippen LogP contribution in [0.2, 0.25) is 5.02 Å². The second-order valence-electron chi connectivity index (χ2n) is 4.16. The van der Waals surface area contributed by atoms with Gasteiger partial charge in [0.05, 0.1) is 23.1 Å². The number of hydrogen-bond donors (Lipinski definition) is 1. The molecule has 2 rings (SSSR count). The fourth-order valence-corrected chi connectivity index (χ4v) is 3.06. The van der Waals surface area contributed by atoms with Gasteiger partial charge in [-0.25, -0.2) is 0 Å². The number of rotatable bonds is 4. The molecule has 0 fully saturated rings. The number of aliphatic hydroxyl groups excluding tert-OH is 1. The van der Waals surface area contributed by atoms with Crippen LogP contribution in [0.15, 0.2) is 29.6 Å². The Morgan fingerprint density at radius 2 is 2.00 bits per heavy atom. The minimum atomic E-state index is -0.551. The maximum Gasteiger partial charge on any atom is 0.118 e. The number of hydrogen-bond acceptors (Lipinski definition) is 3. The SMILES string of the molecule is COc1ccc(CC(O)c2scc(C)c2Cl)cc1. The fourth-order valence-electron chi connectivity index (χ4n) is 1.75. The van der Waals surface area contributed by atoms with Crippen molar-refractivity contribution in [1.29, 1.82) is 0 Å². The van der Waals surface area contributed by atoms with Gasteiger partial charge in [0.25, 0.3) is 0 Å². The van der Waals surface area contributed by atoms with Gasteiger partial charge in [-0.05, 0) is 35.6 Å². The molecule has 1 unspecified atom stereocenters. The molecule has 2 nitrogen and oxygen atoms in total. The van der Waals surface area contributed by atoms with E-state index in [9.17, 15) is 5.11 Å². The molecule has 1 aromatic heterocycles. The van der Waals surface area contributed by atoms with Crippen molar-refractivity contribution in [2.24, 2.45) is 0 Å². The Morgan fingerprint density at radius 1 is 1.33 bits per heavy atom. The van der Waals surface area contributed by atoms with Gasteiger partial charge < -0.3 is 9.84 Å². The molecule has 1 aromatic carbocycles. The van der Waals surface area contributed by atoms with Crippen LogP contribution in [0.4, 0.5) is 0 Å². The first kappa shape index (κ1) is 13.4. The Labute approximate surface area is 116 Å². The van der Waals surface area contributed by atoms with Gasteiger partial charge in [-0.1, -0.05) is 23.7 Å². The summed E-state index contributed by atoms with van der Waals surface area (Å²) < 4.78 is 5.10. The van der Waals surface area contributed by atoms with Crippen LogP contribution in [0.1, 0.15) is 22.1 Å². The lowest BCUT2D eigenvalue weighted by Gasteiger charge is -2.10. The van der Waals surface area contributed by atoms with Gasteiger partial charge in [0.15, 0.2) is 0 Å². The largest absolute Gasteiger partial charge is 0.497 e. The van der Waals surface area contributed by atoms with E-state index in [1.165, 1.54) is 11.3 Å². The average molecular weight is 283 g/mol. The lowest BCUT2D eigenvalue weighted by Crippen LogP contribution is -2.00. The smallest absolute Gasteiger partial charge is 0.118 e. The molecule has 18 heavy (non-hydrogen) atoms. The first-order valence-corrected chi connectivity index (χ1v) is 6.92. The summed E-state index contributed by atoms with van der Waals surface area (Å²) >= 11 is 7.65. The van der Waals surface area contributed by atoms with Crippen LogP contribution in [-0.4, -0.2) is 12.2 Å². The second-order valence-corrected chi connectivity index (χ2v) is 5.45. The highest BCUT2D eigenvalue weighted by atomic mass is 35.5. The number of methoxy groups -OCH3 is 1. The van der Waals surface area contributed by atoms with Crippen molar-refractivity contribution in [3.05, 3.63) is 50.7 Å². The van der Waals surface area contributed by atoms with Crippen LogP contribution in [0.5, 0.6) is 5.75 Å². The average Bonchev–Trinajstić information content (AvgIpc) is 2.71. The predicted octanol–water partition coefficient (Wildman–Crippen LogP) is 3.99. The normalized spacial score (nSPS) is 12.4. The van der Waals surface area contributed by atoms with Gasteiger partial charge in [-0.2, -0.15) is 0 Å². The summed E-state index contributed by atoms with van der Waals surface area (Å²) in [5, 5.41) is 12.8. The van der Waals surface area contributed by atoms with Crippen molar-refractivity contribution in [2.75, 3.05) is 7.11 Å². The van der Waals surface area contributed by atoms with Gasteiger partial charge in [-0.3, -0.25) is 0 Å². The fraction of sp³-hybridized carbons (Fsp3) is 0.286. The van der Waals surface area contributed by atoms with E-state index in [1.807, 2.05) is 36.6 Å². The third-order valence-corrected chi connectivity index (χ3v) is 4.63. The second kappa shape index (κ2) is 5.74. The molecule has 0 amide bonds. The maximum absolute atomic E-state index is 10.2. The van der Waals surface area contributed by atoms with E-state index in [0.717, 1.165) is 21.8 Å². The summed E-state index contributed by atoms with van der Waals surface area (Å²) in [5.41, 5.74) is 2.08. The van der Waals surface area contributed by atoms with Crippen molar-refractivity contribution in [1.82, 2.24) is 0 Å².